The molecule has 4 rings (SSSR count). The third-order valence-electron chi connectivity index (χ3n) is 5.92. The van der Waals surface area contributed by atoms with Crippen LogP contribution in [0.4, 0.5) is 5.69 Å². The van der Waals surface area contributed by atoms with Gasteiger partial charge in [0.25, 0.3) is 0 Å². The van der Waals surface area contributed by atoms with Crippen molar-refractivity contribution in [2.24, 2.45) is 4.99 Å². The van der Waals surface area contributed by atoms with Crippen LogP contribution in [0.25, 0.3) is 0 Å². The van der Waals surface area contributed by atoms with Gasteiger partial charge in [-0.1, -0.05) is 12.1 Å². The van der Waals surface area contributed by atoms with Crippen LogP contribution < -0.4 is 29.7 Å². The van der Waals surface area contributed by atoms with Crippen molar-refractivity contribution >= 4 is 11.6 Å². The number of methoxy groups -OCH3 is 2. The van der Waals surface area contributed by atoms with E-state index in [4.69, 9.17) is 14.2 Å². The Morgan fingerprint density at radius 2 is 2.00 bits per heavy atom. The van der Waals surface area contributed by atoms with Crippen LogP contribution >= 0.6 is 0 Å². The Balaban J connectivity index is 1.36. The number of rotatable bonds is 6. The summed E-state index contributed by atoms with van der Waals surface area (Å²) >= 11 is 0. The molecule has 0 aromatic heterocycles. The molecule has 2 aliphatic heterocycles. The Morgan fingerprint density at radius 1 is 1.19 bits per heavy atom. The number of para-hydroxylation sites is 2. The average Bonchev–Trinajstić information content (AvgIpc) is 3.40. The SMILES string of the molecule is CN=C(NCc1cc2c(cc1OC)CC(C)O2)NC1CCN(c2ccccc2OC)C1. The van der Waals surface area contributed by atoms with Crippen LogP contribution in [0.3, 0.4) is 0 Å². The van der Waals surface area contributed by atoms with Crippen LogP contribution in [-0.2, 0) is 13.0 Å². The summed E-state index contributed by atoms with van der Waals surface area (Å²) in [5.74, 6) is 3.52. The molecular weight excluding hydrogens is 392 g/mol. The van der Waals surface area contributed by atoms with Crippen molar-refractivity contribution in [3.63, 3.8) is 0 Å². The van der Waals surface area contributed by atoms with Crippen molar-refractivity contribution in [3.05, 3.63) is 47.5 Å². The van der Waals surface area contributed by atoms with Gasteiger partial charge in [0, 0.05) is 50.3 Å². The van der Waals surface area contributed by atoms with Crippen molar-refractivity contribution in [2.75, 3.05) is 39.3 Å². The van der Waals surface area contributed by atoms with E-state index in [0.717, 1.165) is 60.4 Å². The highest BCUT2D eigenvalue weighted by atomic mass is 16.5. The Morgan fingerprint density at radius 3 is 2.77 bits per heavy atom. The third-order valence-corrected chi connectivity index (χ3v) is 5.92. The molecule has 0 aliphatic carbocycles. The molecule has 0 amide bonds. The zero-order chi connectivity index (χ0) is 21.8. The minimum atomic E-state index is 0.214. The molecule has 0 saturated carbocycles. The van der Waals surface area contributed by atoms with Gasteiger partial charge in [-0.3, -0.25) is 4.99 Å². The molecule has 2 unspecified atom stereocenters. The van der Waals surface area contributed by atoms with Crippen molar-refractivity contribution < 1.29 is 14.2 Å². The van der Waals surface area contributed by atoms with Crippen LogP contribution in [0.5, 0.6) is 17.2 Å². The first-order valence-corrected chi connectivity index (χ1v) is 10.8. The van der Waals surface area contributed by atoms with Gasteiger partial charge in [-0.15, -0.1) is 0 Å². The van der Waals surface area contributed by atoms with E-state index in [1.807, 2.05) is 18.2 Å². The van der Waals surface area contributed by atoms with Crippen LogP contribution in [-0.4, -0.2) is 52.5 Å². The average molecular weight is 425 g/mol. The number of fused-ring (bicyclic) bond motifs is 1. The fraction of sp³-hybridized carbons (Fsp3) is 0.458. The lowest BCUT2D eigenvalue weighted by Gasteiger charge is -2.22. The second kappa shape index (κ2) is 9.37. The summed E-state index contributed by atoms with van der Waals surface area (Å²) < 4.78 is 17.1. The van der Waals surface area contributed by atoms with Gasteiger partial charge in [0.1, 0.15) is 23.4 Å². The number of anilines is 1. The fourth-order valence-electron chi connectivity index (χ4n) is 4.36. The molecule has 2 aromatic carbocycles. The molecule has 1 fully saturated rings. The van der Waals surface area contributed by atoms with E-state index in [1.165, 1.54) is 5.56 Å². The standard InChI is InChI=1S/C24H32N4O3/c1-16-11-17-12-22(30-4)18(13-23(17)31-16)14-26-24(25-2)27-19-9-10-28(15-19)20-7-5-6-8-21(20)29-3/h5-8,12-13,16,19H,9-11,14-15H2,1-4H3,(H2,25,26,27). The number of guanidine groups is 1. The Labute approximate surface area is 184 Å². The Kier molecular flexibility index (Phi) is 6.39. The lowest BCUT2D eigenvalue weighted by molar-refractivity contribution is 0.254. The molecule has 1 saturated heterocycles. The van der Waals surface area contributed by atoms with Gasteiger partial charge in [0.15, 0.2) is 5.96 Å². The molecular formula is C24H32N4O3. The van der Waals surface area contributed by atoms with E-state index in [2.05, 4.69) is 45.6 Å². The zero-order valence-electron chi connectivity index (χ0n) is 18.8. The highest BCUT2D eigenvalue weighted by Crippen LogP contribution is 2.35. The first kappa shape index (κ1) is 21.2. The number of hydrogen-bond acceptors (Lipinski definition) is 5. The Bertz CT molecular complexity index is 946. The van der Waals surface area contributed by atoms with Gasteiger partial charge in [-0.2, -0.15) is 0 Å². The number of ether oxygens (including phenoxy) is 3. The van der Waals surface area contributed by atoms with E-state index in [1.54, 1.807) is 21.3 Å². The van der Waals surface area contributed by atoms with Crippen LogP contribution in [0, 0.1) is 0 Å². The van der Waals surface area contributed by atoms with Crippen LogP contribution in [0.2, 0.25) is 0 Å². The van der Waals surface area contributed by atoms with E-state index in [-0.39, 0.29) is 6.10 Å². The van der Waals surface area contributed by atoms with Gasteiger partial charge < -0.3 is 29.7 Å². The lowest BCUT2D eigenvalue weighted by Crippen LogP contribution is -2.44. The van der Waals surface area contributed by atoms with Crippen molar-refractivity contribution in [2.45, 2.75) is 38.5 Å². The molecule has 2 aliphatic rings. The monoisotopic (exact) mass is 424 g/mol. The molecule has 2 atom stereocenters. The summed E-state index contributed by atoms with van der Waals surface area (Å²) in [6.45, 7) is 4.57. The minimum absolute atomic E-state index is 0.214. The molecule has 31 heavy (non-hydrogen) atoms. The van der Waals surface area contributed by atoms with Gasteiger partial charge in [0.05, 0.1) is 19.9 Å². The molecule has 0 spiro atoms. The largest absolute Gasteiger partial charge is 0.496 e. The number of hydrogen-bond donors (Lipinski definition) is 2. The molecule has 7 heteroatoms. The maximum atomic E-state index is 5.92. The number of nitrogens with zero attached hydrogens (tertiary/aromatic N) is 2. The number of benzene rings is 2. The van der Waals surface area contributed by atoms with E-state index in [0.29, 0.717) is 12.6 Å². The maximum Gasteiger partial charge on any atom is 0.191 e. The lowest BCUT2D eigenvalue weighted by atomic mass is 10.1. The smallest absolute Gasteiger partial charge is 0.191 e. The van der Waals surface area contributed by atoms with Crippen molar-refractivity contribution in [1.29, 1.82) is 0 Å². The zero-order valence-corrected chi connectivity index (χ0v) is 18.8. The quantitative estimate of drug-likeness (QED) is 0.549. The van der Waals surface area contributed by atoms with Crippen molar-refractivity contribution in [1.82, 2.24) is 10.6 Å². The molecule has 7 nitrogen and oxygen atoms in total. The summed E-state index contributed by atoms with van der Waals surface area (Å²) in [6, 6.07) is 12.6. The summed E-state index contributed by atoms with van der Waals surface area (Å²) in [6.07, 6.45) is 2.17. The first-order chi connectivity index (χ1) is 15.1. The van der Waals surface area contributed by atoms with Gasteiger partial charge >= 0.3 is 0 Å². The molecule has 2 heterocycles. The van der Waals surface area contributed by atoms with Crippen LogP contribution in [0.15, 0.2) is 41.4 Å². The second-order valence-corrected chi connectivity index (χ2v) is 8.08. The highest BCUT2D eigenvalue weighted by Gasteiger charge is 2.26. The van der Waals surface area contributed by atoms with Gasteiger partial charge in [0.2, 0.25) is 0 Å². The summed E-state index contributed by atoms with van der Waals surface area (Å²) in [5, 5.41) is 6.98. The summed E-state index contributed by atoms with van der Waals surface area (Å²) in [7, 11) is 5.23. The summed E-state index contributed by atoms with van der Waals surface area (Å²) in [4.78, 5) is 6.77. The van der Waals surface area contributed by atoms with Crippen LogP contribution in [0.1, 0.15) is 24.5 Å². The second-order valence-electron chi connectivity index (χ2n) is 8.08. The Hall–Kier alpha value is -3.09. The minimum Gasteiger partial charge on any atom is -0.496 e. The molecule has 0 bridgehead atoms. The topological polar surface area (TPSA) is 67.4 Å². The predicted octanol–water partition coefficient (Wildman–Crippen LogP) is 2.97. The molecule has 0 radical (unpaired) electrons. The van der Waals surface area contributed by atoms with E-state index < -0.39 is 0 Å². The normalized spacial score (nSPS) is 20.3. The van der Waals surface area contributed by atoms with Gasteiger partial charge in [-0.25, -0.2) is 0 Å². The van der Waals surface area contributed by atoms with Gasteiger partial charge in [-0.05, 0) is 37.6 Å². The first-order valence-electron chi connectivity index (χ1n) is 10.8. The summed E-state index contributed by atoms with van der Waals surface area (Å²) in [5.41, 5.74) is 3.40. The van der Waals surface area contributed by atoms with Crippen molar-refractivity contribution in [3.8, 4) is 17.2 Å². The number of aliphatic imine (C=N–C) groups is 1. The third kappa shape index (κ3) is 4.65. The predicted molar refractivity (Wildman–Crippen MR) is 124 cm³/mol. The molecule has 166 valence electrons. The maximum absolute atomic E-state index is 5.92. The fourth-order valence-corrected chi connectivity index (χ4v) is 4.36. The van der Waals surface area contributed by atoms with E-state index >= 15 is 0 Å². The highest BCUT2D eigenvalue weighted by molar-refractivity contribution is 5.80. The number of nitrogens with one attached hydrogen (secondary N) is 2. The molecule has 2 N–H and O–H groups in total. The van der Waals surface area contributed by atoms with E-state index in [9.17, 15) is 0 Å². The molecule has 2 aromatic rings.